The second kappa shape index (κ2) is 8.51. The molecule has 0 bridgehead atoms. The van der Waals surface area contributed by atoms with Gasteiger partial charge >= 0.3 is 0 Å². The average molecular weight is 365 g/mol. The van der Waals surface area contributed by atoms with Gasteiger partial charge in [-0.15, -0.1) is 10.2 Å². The van der Waals surface area contributed by atoms with Crippen LogP contribution in [-0.4, -0.2) is 34.1 Å². The van der Waals surface area contributed by atoms with Gasteiger partial charge in [0.25, 0.3) is 0 Å². The number of carbonyl (C=O) groups excluding carboxylic acids is 1. The number of benzene rings is 1. The number of amides is 1. The first-order valence-electron chi connectivity index (χ1n) is 10.1. The number of rotatable bonds is 4. The SMILES string of the molecule is O=C(/C=C\c1ccccc1)N1CCCC(c2nnc(C3CCCCC3)o2)C1. The Morgan fingerprint density at radius 2 is 1.67 bits per heavy atom. The van der Waals surface area contributed by atoms with E-state index in [0.29, 0.717) is 18.4 Å². The Bertz CT molecular complexity index is 778. The first-order valence-corrected chi connectivity index (χ1v) is 10.1. The summed E-state index contributed by atoms with van der Waals surface area (Å²) in [5.41, 5.74) is 1.04. The molecule has 1 aliphatic heterocycles. The van der Waals surface area contributed by atoms with Gasteiger partial charge < -0.3 is 9.32 Å². The molecule has 4 rings (SSSR count). The van der Waals surface area contributed by atoms with Crippen molar-refractivity contribution in [3.05, 3.63) is 53.8 Å². The zero-order valence-electron chi connectivity index (χ0n) is 15.7. The van der Waals surface area contributed by atoms with Crippen molar-refractivity contribution in [3.8, 4) is 0 Å². The summed E-state index contributed by atoms with van der Waals surface area (Å²) in [6.07, 6.45) is 11.6. The van der Waals surface area contributed by atoms with Crippen LogP contribution in [0, 0.1) is 0 Å². The van der Waals surface area contributed by atoms with Gasteiger partial charge in [0.05, 0.1) is 5.92 Å². The Morgan fingerprint density at radius 1 is 0.963 bits per heavy atom. The predicted molar refractivity (Wildman–Crippen MR) is 104 cm³/mol. The Morgan fingerprint density at radius 3 is 2.44 bits per heavy atom. The molecule has 2 aliphatic rings. The molecule has 2 aromatic rings. The highest BCUT2D eigenvalue weighted by Gasteiger charge is 2.29. The van der Waals surface area contributed by atoms with E-state index in [2.05, 4.69) is 10.2 Å². The van der Waals surface area contributed by atoms with E-state index in [4.69, 9.17) is 4.42 Å². The van der Waals surface area contributed by atoms with Gasteiger partial charge in [-0.05, 0) is 37.3 Å². The molecule has 142 valence electrons. The minimum Gasteiger partial charge on any atom is -0.425 e. The smallest absolute Gasteiger partial charge is 0.246 e. The minimum atomic E-state index is 0.0515. The number of piperidine rings is 1. The Hall–Kier alpha value is -2.43. The summed E-state index contributed by atoms with van der Waals surface area (Å²) in [6.45, 7) is 1.45. The third kappa shape index (κ3) is 4.46. The molecule has 2 heterocycles. The Kier molecular flexibility index (Phi) is 5.66. The van der Waals surface area contributed by atoms with E-state index in [1.807, 2.05) is 41.3 Å². The van der Waals surface area contributed by atoms with Crippen molar-refractivity contribution in [2.75, 3.05) is 13.1 Å². The second-order valence-corrected chi connectivity index (χ2v) is 7.68. The monoisotopic (exact) mass is 365 g/mol. The number of likely N-dealkylation sites (tertiary alicyclic amines) is 1. The average Bonchev–Trinajstić information content (AvgIpc) is 3.24. The van der Waals surface area contributed by atoms with Crippen LogP contribution < -0.4 is 0 Å². The number of hydrogen-bond acceptors (Lipinski definition) is 4. The maximum atomic E-state index is 12.6. The van der Waals surface area contributed by atoms with Crippen molar-refractivity contribution >= 4 is 12.0 Å². The van der Waals surface area contributed by atoms with Gasteiger partial charge in [0.15, 0.2) is 0 Å². The highest BCUT2D eigenvalue weighted by atomic mass is 16.4. The molecule has 1 aromatic heterocycles. The van der Waals surface area contributed by atoms with Crippen molar-refractivity contribution in [1.82, 2.24) is 15.1 Å². The van der Waals surface area contributed by atoms with E-state index in [1.165, 1.54) is 19.3 Å². The van der Waals surface area contributed by atoms with Crippen LogP contribution in [0.3, 0.4) is 0 Å². The maximum absolute atomic E-state index is 12.6. The van der Waals surface area contributed by atoms with Crippen LogP contribution in [0.15, 0.2) is 40.8 Å². The van der Waals surface area contributed by atoms with Crippen LogP contribution in [0.2, 0.25) is 0 Å². The summed E-state index contributed by atoms with van der Waals surface area (Å²) in [5.74, 6) is 2.14. The van der Waals surface area contributed by atoms with Gasteiger partial charge in [-0.3, -0.25) is 4.79 Å². The first kappa shape index (κ1) is 18.0. The molecule has 5 heteroatoms. The van der Waals surface area contributed by atoms with E-state index in [0.717, 1.165) is 43.7 Å². The topological polar surface area (TPSA) is 59.2 Å². The molecule has 0 spiro atoms. The highest BCUT2D eigenvalue weighted by Crippen LogP contribution is 2.34. The lowest BCUT2D eigenvalue weighted by atomic mass is 9.89. The minimum absolute atomic E-state index is 0.0515. The number of carbonyl (C=O) groups is 1. The summed E-state index contributed by atoms with van der Waals surface area (Å²) < 4.78 is 6.04. The number of nitrogens with zero attached hydrogens (tertiary/aromatic N) is 3. The van der Waals surface area contributed by atoms with Crippen molar-refractivity contribution in [1.29, 1.82) is 0 Å². The van der Waals surface area contributed by atoms with Crippen LogP contribution in [0.4, 0.5) is 0 Å². The number of hydrogen-bond donors (Lipinski definition) is 0. The molecule has 1 amide bonds. The molecular weight excluding hydrogens is 338 g/mol. The first-order chi connectivity index (χ1) is 13.3. The van der Waals surface area contributed by atoms with Crippen LogP contribution in [-0.2, 0) is 4.79 Å². The lowest BCUT2D eigenvalue weighted by Gasteiger charge is -2.30. The van der Waals surface area contributed by atoms with E-state index < -0.39 is 0 Å². The van der Waals surface area contributed by atoms with Crippen LogP contribution >= 0.6 is 0 Å². The molecule has 27 heavy (non-hydrogen) atoms. The molecule has 0 radical (unpaired) electrons. The van der Waals surface area contributed by atoms with Gasteiger partial charge in [0.1, 0.15) is 0 Å². The molecule has 5 nitrogen and oxygen atoms in total. The van der Waals surface area contributed by atoms with E-state index in [-0.39, 0.29) is 11.8 Å². The lowest BCUT2D eigenvalue weighted by Crippen LogP contribution is -2.38. The van der Waals surface area contributed by atoms with Gasteiger partial charge in [-0.1, -0.05) is 49.6 Å². The van der Waals surface area contributed by atoms with Gasteiger partial charge in [-0.2, -0.15) is 0 Å². The maximum Gasteiger partial charge on any atom is 0.246 e. The quantitative estimate of drug-likeness (QED) is 0.747. The fourth-order valence-corrected chi connectivity index (χ4v) is 4.14. The zero-order chi connectivity index (χ0) is 18.5. The summed E-state index contributed by atoms with van der Waals surface area (Å²) >= 11 is 0. The highest BCUT2D eigenvalue weighted by molar-refractivity contribution is 5.91. The second-order valence-electron chi connectivity index (χ2n) is 7.68. The van der Waals surface area contributed by atoms with E-state index in [1.54, 1.807) is 6.08 Å². The molecular formula is C22H27N3O2. The van der Waals surface area contributed by atoms with Crippen LogP contribution in [0.25, 0.3) is 6.08 Å². The van der Waals surface area contributed by atoms with Crippen LogP contribution in [0.5, 0.6) is 0 Å². The normalized spacial score (nSPS) is 21.6. The molecule has 1 saturated carbocycles. The largest absolute Gasteiger partial charge is 0.425 e. The third-order valence-corrected chi connectivity index (χ3v) is 5.71. The molecule has 1 atom stereocenters. The summed E-state index contributed by atoms with van der Waals surface area (Å²) in [7, 11) is 0. The molecule has 1 saturated heterocycles. The van der Waals surface area contributed by atoms with Crippen molar-refractivity contribution in [2.24, 2.45) is 0 Å². The Labute approximate surface area is 160 Å². The molecule has 1 aromatic carbocycles. The summed E-state index contributed by atoms with van der Waals surface area (Å²) in [4.78, 5) is 14.5. The third-order valence-electron chi connectivity index (χ3n) is 5.71. The fraction of sp³-hybridized carbons (Fsp3) is 0.500. The standard InChI is InChI=1S/C22H27N3O2/c26-20(14-13-17-8-3-1-4-9-17)25-15-7-12-19(16-25)22-24-23-21(27-22)18-10-5-2-6-11-18/h1,3-4,8-9,13-14,18-19H,2,5-7,10-12,15-16H2/b14-13-. The molecule has 1 aliphatic carbocycles. The fourth-order valence-electron chi connectivity index (χ4n) is 4.14. The molecule has 2 fully saturated rings. The predicted octanol–water partition coefficient (Wildman–Crippen LogP) is 4.54. The summed E-state index contributed by atoms with van der Waals surface area (Å²) in [6, 6.07) is 9.91. The summed E-state index contributed by atoms with van der Waals surface area (Å²) in [5, 5.41) is 8.66. The van der Waals surface area contributed by atoms with Crippen molar-refractivity contribution < 1.29 is 9.21 Å². The van der Waals surface area contributed by atoms with Crippen LogP contribution in [0.1, 0.15) is 74.1 Å². The Balaban J connectivity index is 1.38. The van der Waals surface area contributed by atoms with Gasteiger partial charge in [-0.25, -0.2) is 0 Å². The number of aromatic nitrogens is 2. The molecule has 0 N–H and O–H groups in total. The van der Waals surface area contributed by atoms with Gasteiger partial charge in [0, 0.05) is 25.1 Å². The van der Waals surface area contributed by atoms with E-state index >= 15 is 0 Å². The zero-order valence-corrected chi connectivity index (χ0v) is 15.7. The lowest BCUT2D eigenvalue weighted by molar-refractivity contribution is -0.127. The van der Waals surface area contributed by atoms with E-state index in [9.17, 15) is 4.79 Å². The molecule has 1 unspecified atom stereocenters. The van der Waals surface area contributed by atoms with Crippen molar-refractivity contribution in [2.45, 2.75) is 56.8 Å². The van der Waals surface area contributed by atoms with Gasteiger partial charge in [0.2, 0.25) is 17.7 Å². The van der Waals surface area contributed by atoms with Crippen molar-refractivity contribution in [3.63, 3.8) is 0 Å².